The molecule has 0 saturated heterocycles. The number of methoxy groups -OCH3 is 1. The molecule has 102 valence electrons. The average Bonchev–Trinajstić information content (AvgIpc) is 2.40. The number of hydrogen-bond donors (Lipinski definition) is 0. The van der Waals surface area contributed by atoms with Crippen molar-refractivity contribution < 1.29 is 4.74 Å². The Bertz CT molecular complexity index is 312. The number of rotatable bonds is 9. The molecule has 0 radical (unpaired) electrons. The minimum atomic E-state index is 0.0561. The SMILES string of the molecule is CCCCCCCC(C)(OC)[Se]c1ccccc1. The molecule has 1 rings (SSSR count). The Morgan fingerprint density at radius 3 is 2.33 bits per heavy atom. The quantitative estimate of drug-likeness (QED) is 0.498. The van der Waals surface area contributed by atoms with Crippen LogP contribution in [0.25, 0.3) is 0 Å². The zero-order valence-electron chi connectivity index (χ0n) is 11.9. The Morgan fingerprint density at radius 2 is 1.72 bits per heavy atom. The fourth-order valence-corrected chi connectivity index (χ4v) is 4.34. The topological polar surface area (TPSA) is 9.23 Å². The van der Waals surface area contributed by atoms with Gasteiger partial charge in [-0.1, -0.05) is 0 Å². The minimum absolute atomic E-state index is 0.0561. The third-order valence-electron chi connectivity index (χ3n) is 3.24. The molecule has 1 nitrogen and oxygen atoms in total. The summed E-state index contributed by atoms with van der Waals surface area (Å²) in [7, 11) is 1.86. The van der Waals surface area contributed by atoms with Crippen molar-refractivity contribution in [1.29, 1.82) is 0 Å². The van der Waals surface area contributed by atoms with Crippen LogP contribution in [0.3, 0.4) is 0 Å². The van der Waals surface area contributed by atoms with Crippen LogP contribution in [0.4, 0.5) is 0 Å². The van der Waals surface area contributed by atoms with Gasteiger partial charge in [-0.25, -0.2) is 0 Å². The second kappa shape index (κ2) is 8.74. The van der Waals surface area contributed by atoms with E-state index in [0.29, 0.717) is 15.0 Å². The van der Waals surface area contributed by atoms with Crippen LogP contribution in [-0.4, -0.2) is 26.6 Å². The summed E-state index contributed by atoms with van der Waals surface area (Å²) in [5.74, 6) is 0. The first kappa shape index (κ1) is 15.8. The molecule has 1 aromatic carbocycles. The second-order valence-electron chi connectivity index (χ2n) is 4.92. The molecule has 0 amide bonds. The Labute approximate surface area is 118 Å². The molecule has 0 heterocycles. The zero-order valence-corrected chi connectivity index (χ0v) is 13.7. The molecule has 0 fully saturated rings. The molecule has 0 N–H and O–H groups in total. The summed E-state index contributed by atoms with van der Waals surface area (Å²) in [5.41, 5.74) is 0. The van der Waals surface area contributed by atoms with Gasteiger partial charge in [0.05, 0.1) is 0 Å². The van der Waals surface area contributed by atoms with E-state index in [2.05, 4.69) is 44.2 Å². The van der Waals surface area contributed by atoms with Crippen molar-refractivity contribution >= 4 is 19.4 Å². The Kier molecular flexibility index (Phi) is 7.65. The van der Waals surface area contributed by atoms with Gasteiger partial charge in [-0.15, -0.1) is 0 Å². The molecular weight excluding hydrogens is 287 g/mol. The maximum atomic E-state index is 5.78. The molecule has 0 saturated carbocycles. The monoisotopic (exact) mass is 314 g/mol. The van der Waals surface area contributed by atoms with Crippen LogP contribution in [0.5, 0.6) is 0 Å². The summed E-state index contributed by atoms with van der Waals surface area (Å²) in [5, 5.41) is 0. The van der Waals surface area contributed by atoms with Crippen LogP contribution in [0.2, 0.25) is 0 Å². The Hall–Kier alpha value is -0.301. The standard InChI is InChI=1S/C16H26OSe/c1-4-5-6-7-11-14-16(2,17-3)18-15-12-9-8-10-13-15/h8-10,12-13H,4-7,11,14H2,1-3H3. The third-order valence-corrected chi connectivity index (χ3v) is 5.99. The fourth-order valence-electron chi connectivity index (χ4n) is 1.98. The van der Waals surface area contributed by atoms with Gasteiger partial charge in [0.2, 0.25) is 0 Å². The van der Waals surface area contributed by atoms with Crippen LogP contribution < -0.4 is 4.46 Å². The summed E-state index contributed by atoms with van der Waals surface area (Å²) >= 11 is 0.397. The summed E-state index contributed by atoms with van der Waals surface area (Å²) < 4.78 is 7.27. The summed E-state index contributed by atoms with van der Waals surface area (Å²) in [6.07, 6.45) is 7.87. The van der Waals surface area contributed by atoms with E-state index in [0.717, 1.165) is 0 Å². The van der Waals surface area contributed by atoms with Crippen molar-refractivity contribution in [2.45, 2.75) is 56.9 Å². The van der Waals surface area contributed by atoms with Crippen LogP contribution in [0, 0.1) is 0 Å². The van der Waals surface area contributed by atoms with E-state index in [9.17, 15) is 0 Å². The van der Waals surface area contributed by atoms with Crippen LogP contribution in [0.15, 0.2) is 30.3 Å². The third kappa shape index (κ3) is 6.04. The van der Waals surface area contributed by atoms with E-state index in [1.54, 1.807) is 0 Å². The molecule has 0 aliphatic carbocycles. The molecule has 0 aromatic heterocycles. The van der Waals surface area contributed by atoms with Crippen molar-refractivity contribution in [3.63, 3.8) is 0 Å². The average molecular weight is 313 g/mol. The van der Waals surface area contributed by atoms with Crippen molar-refractivity contribution in [3.8, 4) is 0 Å². The second-order valence-corrected chi connectivity index (χ2v) is 8.15. The van der Waals surface area contributed by atoms with Crippen molar-refractivity contribution in [1.82, 2.24) is 0 Å². The van der Waals surface area contributed by atoms with Crippen LogP contribution in [0.1, 0.15) is 52.4 Å². The normalized spacial score (nSPS) is 14.4. The van der Waals surface area contributed by atoms with Gasteiger partial charge < -0.3 is 0 Å². The number of unbranched alkanes of at least 4 members (excludes halogenated alkanes) is 4. The van der Waals surface area contributed by atoms with E-state index in [1.807, 2.05) is 7.11 Å². The summed E-state index contributed by atoms with van der Waals surface area (Å²) in [6, 6.07) is 10.8. The molecule has 0 bridgehead atoms. The van der Waals surface area contributed by atoms with Gasteiger partial charge >= 0.3 is 118 Å². The first-order valence-corrected chi connectivity index (χ1v) is 8.71. The van der Waals surface area contributed by atoms with Crippen molar-refractivity contribution in [2.24, 2.45) is 0 Å². The zero-order chi connectivity index (χ0) is 13.3. The molecule has 1 aromatic rings. The van der Waals surface area contributed by atoms with Gasteiger partial charge in [0, 0.05) is 0 Å². The molecule has 0 spiro atoms. The summed E-state index contributed by atoms with van der Waals surface area (Å²) in [6.45, 7) is 4.53. The molecule has 2 heteroatoms. The van der Waals surface area contributed by atoms with Gasteiger partial charge in [0.25, 0.3) is 0 Å². The summed E-state index contributed by atoms with van der Waals surface area (Å²) in [4.78, 5) is 0. The van der Waals surface area contributed by atoms with Gasteiger partial charge in [-0.2, -0.15) is 0 Å². The van der Waals surface area contributed by atoms with Crippen LogP contribution >= 0.6 is 0 Å². The first-order chi connectivity index (χ1) is 8.70. The van der Waals surface area contributed by atoms with Crippen molar-refractivity contribution in [3.05, 3.63) is 30.3 Å². The molecule has 1 atom stereocenters. The van der Waals surface area contributed by atoms with Gasteiger partial charge in [-0.3, -0.25) is 0 Å². The maximum absolute atomic E-state index is 5.78. The Morgan fingerprint density at radius 1 is 1.06 bits per heavy atom. The predicted molar refractivity (Wildman–Crippen MR) is 80.6 cm³/mol. The van der Waals surface area contributed by atoms with Gasteiger partial charge in [-0.05, 0) is 0 Å². The van der Waals surface area contributed by atoms with Crippen LogP contribution in [-0.2, 0) is 4.74 Å². The number of ether oxygens (including phenoxy) is 1. The van der Waals surface area contributed by atoms with Crippen molar-refractivity contribution in [2.75, 3.05) is 7.11 Å². The van der Waals surface area contributed by atoms with E-state index < -0.39 is 0 Å². The van der Waals surface area contributed by atoms with Gasteiger partial charge in [0.15, 0.2) is 0 Å². The van der Waals surface area contributed by atoms with E-state index in [1.165, 1.54) is 43.0 Å². The number of hydrogen-bond acceptors (Lipinski definition) is 1. The molecule has 0 aliphatic rings. The molecule has 0 aliphatic heterocycles. The molecule has 18 heavy (non-hydrogen) atoms. The fraction of sp³-hybridized carbons (Fsp3) is 0.625. The molecule has 1 unspecified atom stereocenters. The van der Waals surface area contributed by atoms with E-state index in [-0.39, 0.29) is 4.50 Å². The van der Waals surface area contributed by atoms with Gasteiger partial charge in [0.1, 0.15) is 0 Å². The molecular formula is C16H26OSe. The predicted octanol–water partition coefficient (Wildman–Crippen LogP) is 3.74. The number of benzene rings is 1. The van der Waals surface area contributed by atoms with E-state index in [4.69, 9.17) is 4.74 Å². The first-order valence-electron chi connectivity index (χ1n) is 6.99. The Balaban J connectivity index is 2.37. The van der Waals surface area contributed by atoms with E-state index >= 15 is 0 Å².